The molecule has 0 saturated carbocycles. The Morgan fingerprint density at radius 1 is 1.10 bits per heavy atom. The zero-order valence-corrected chi connectivity index (χ0v) is 13.9. The van der Waals surface area contributed by atoms with Gasteiger partial charge in [-0.1, -0.05) is 0 Å². The van der Waals surface area contributed by atoms with Crippen LogP contribution in [0, 0.1) is 3.57 Å². The van der Waals surface area contributed by atoms with Crippen molar-refractivity contribution in [2.75, 3.05) is 11.1 Å². The van der Waals surface area contributed by atoms with Gasteiger partial charge in [0.1, 0.15) is 11.4 Å². The number of benzene rings is 1. The maximum absolute atomic E-state index is 5.89. The number of nitrogens with zero attached hydrogens (tertiary/aromatic N) is 1. The minimum Gasteiger partial charge on any atom is -0.470 e. The summed E-state index contributed by atoms with van der Waals surface area (Å²) in [6.45, 7) is 5.90. The highest BCUT2D eigenvalue weighted by molar-refractivity contribution is 14.1. The third-order valence-electron chi connectivity index (χ3n) is 2.41. The van der Waals surface area contributed by atoms with Crippen molar-refractivity contribution >= 4 is 39.8 Å². The highest BCUT2D eigenvalue weighted by atomic mass is 127. The van der Waals surface area contributed by atoms with Gasteiger partial charge in [0, 0.05) is 9.26 Å². The van der Waals surface area contributed by atoms with Crippen LogP contribution in [0.3, 0.4) is 0 Å². The molecule has 3 N–H and O–H groups in total. The fourth-order valence-electron chi connectivity index (χ4n) is 1.57. The van der Waals surface area contributed by atoms with E-state index in [1.54, 1.807) is 6.07 Å². The summed E-state index contributed by atoms with van der Waals surface area (Å²) in [7, 11) is 0. The van der Waals surface area contributed by atoms with Crippen molar-refractivity contribution in [1.82, 2.24) is 4.98 Å². The van der Waals surface area contributed by atoms with Gasteiger partial charge in [-0.25, -0.2) is 0 Å². The molecule has 0 unspecified atom stereocenters. The van der Waals surface area contributed by atoms with E-state index >= 15 is 0 Å². The van der Waals surface area contributed by atoms with E-state index in [0.29, 0.717) is 17.4 Å². The van der Waals surface area contributed by atoms with E-state index in [-0.39, 0.29) is 5.60 Å². The summed E-state index contributed by atoms with van der Waals surface area (Å²) in [6.07, 6.45) is 0. The van der Waals surface area contributed by atoms with Gasteiger partial charge in [-0.2, -0.15) is 4.98 Å². The average molecular weight is 383 g/mol. The molecule has 0 fully saturated rings. The van der Waals surface area contributed by atoms with E-state index in [2.05, 4.69) is 32.9 Å². The Morgan fingerprint density at radius 2 is 1.75 bits per heavy atom. The summed E-state index contributed by atoms with van der Waals surface area (Å²) >= 11 is 2.27. The van der Waals surface area contributed by atoms with Crippen LogP contribution in [0.25, 0.3) is 0 Å². The van der Waals surface area contributed by atoms with Crippen LogP contribution in [0.1, 0.15) is 20.8 Å². The van der Waals surface area contributed by atoms with Crippen LogP contribution in [0.2, 0.25) is 0 Å². The van der Waals surface area contributed by atoms with Gasteiger partial charge in [-0.3, -0.25) is 0 Å². The molecule has 20 heavy (non-hydrogen) atoms. The lowest BCUT2D eigenvalue weighted by molar-refractivity contribution is 0.125. The molecule has 1 heterocycles. The largest absolute Gasteiger partial charge is 0.470 e. The number of nitrogens with one attached hydrogen (secondary N) is 1. The Labute approximate surface area is 132 Å². The van der Waals surface area contributed by atoms with Gasteiger partial charge >= 0.3 is 0 Å². The van der Waals surface area contributed by atoms with Crippen molar-refractivity contribution in [3.8, 4) is 5.88 Å². The lowest BCUT2D eigenvalue weighted by Gasteiger charge is -2.21. The number of nitrogens with two attached hydrogens (primary N) is 1. The Kier molecular flexibility index (Phi) is 4.37. The summed E-state index contributed by atoms with van der Waals surface area (Å²) in [6, 6.07) is 11.7. The molecule has 5 heteroatoms. The molecule has 106 valence electrons. The molecular formula is C15H18IN3O. The van der Waals surface area contributed by atoms with Gasteiger partial charge in [-0.15, -0.1) is 0 Å². The third kappa shape index (κ3) is 4.26. The third-order valence-corrected chi connectivity index (χ3v) is 3.13. The molecule has 2 rings (SSSR count). The normalized spacial score (nSPS) is 11.2. The number of aromatic nitrogens is 1. The summed E-state index contributed by atoms with van der Waals surface area (Å²) in [5.74, 6) is 1.16. The standard InChI is InChI=1S/C15H18IN3O/c1-15(2,3)20-14-12(17)8-9-13(19-14)18-11-6-4-10(16)5-7-11/h4-9H,17H2,1-3H3,(H,18,19). The van der Waals surface area contributed by atoms with Crippen molar-refractivity contribution in [2.45, 2.75) is 26.4 Å². The Bertz CT molecular complexity index is 591. The smallest absolute Gasteiger partial charge is 0.239 e. The van der Waals surface area contributed by atoms with Gasteiger partial charge in [-0.05, 0) is 79.8 Å². The van der Waals surface area contributed by atoms with Crippen LogP contribution in [0.4, 0.5) is 17.2 Å². The molecule has 1 aromatic heterocycles. The number of pyridine rings is 1. The molecule has 1 aromatic carbocycles. The van der Waals surface area contributed by atoms with Crippen molar-refractivity contribution < 1.29 is 4.74 Å². The molecule has 0 aliphatic carbocycles. The van der Waals surface area contributed by atoms with Crippen molar-refractivity contribution in [3.63, 3.8) is 0 Å². The monoisotopic (exact) mass is 383 g/mol. The first kappa shape index (κ1) is 14.9. The first-order valence-electron chi connectivity index (χ1n) is 6.32. The molecule has 4 nitrogen and oxygen atoms in total. The minimum atomic E-state index is -0.331. The summed E-state index contributed by atoms with van der Waals surface area (Å²) < 4.78 is 6.94. The van der Waals surface area contributed by atoms with Crippen LogP contribution < -0.4 is 15.8 Å². The highest BCUT2D eigenvalue weighted by Crippen LogP contribution is 2.26. The molecule has 2 aromatic rings. The molecule has 0 radical (unpaired) electrons. The molecule has 0 aliphatic rings. The number of halogens is 1. The summed E-state index contributed by atoms with van der Waals surface area (Å²) in [4.78, 5) is 4.42. The number of hydrogen-bond acceptors (Lipinski definition) is 4. The van der Waals surface area contributed by atoms with Crippen molar-refractivity contribution in [1.29, 1.82) is 0 Å². The van der Waals surface area contributed by atoms with Crippen molar-refractivity contribution in [3.05, 3.63) is 40.0 Å². The number of rotatable bonds is 3. The summed E-state index contributed by atoms with van der Waals surface area (Å²) in [5, 5.41) is 3.23. The Hall–Kier alpha value is -1.50. The van der Waals surface area contributed by atoms with E-state index in [4.69, 9.17) is 10.5 Å². The quantitative estimate of drug-likeness (QED) is 0.781. The highest BCUT2D eigenvalue weighted by Gasteiger charge is 2.15. The number of ether oxygens (including phenoxy) is 1. The van der Waals surface area contributed by atoms with Crippen LogP contribution in [-0.4, -0.2) is 10.6 Å². The van der Waals surface area contributed by atoms with E-state index in [1.807, 2.05) is 51.1 Å². The summed E-state index contributed by atoms with van der Waals surface area (Å²) in [5.41, 5.74) is 7.07. The minimum absolute atomic E-state index is 0.331. The fraction of sp³-hybridized carbons (Fsp3) is 0.267. The molecule has 0 amide bonds. The number of nitrogen functional groups attached to an aromatic ring is 1. The second-order valence-electron chi connectivity index (χ2n) is 5.44. The SMILES string of the molecule is CC(C)(C)Oc1nc(Nc2ccc(I)cc2)ccc1N. The van der Waals surface area contributed by atoms with E-state index in [9.17, 15) is 0 Å². The molecule has 0 aliphatic heterocycles. The van der Waals surface area contributed by atoms with Crippen LogP contribution >= 0.6 is 22.6 Å². The van der Waals surface area contributed by atoms with Crippen LogP contribution in [-0.2, 0) is 0 Å². The average Bonchev–Trinajstić information content (AvgIpc) is 2.34. The topological polar surface area (TPSA) is 60.2 Å². The van der Waals surface area contributed by atoms with Crippen molar-refractivity contribution in [2.24, 2.45) is 0 Å². The van der Waals surface area contributed by atoms with E-state index in [0.717, 1.165) is 5.69 Å². The maximum Gasteiger partial charge on any atom is 0.239 e. The Balaban J connectivity index is 2.20. The zero-order chi connectivity index (χ0) is 14.8. The van der Waals surface area contributed by atoms with Crippen LogP contribution in [0.15, 0.2) is 36.4 Å². The first-order valence-corrected chi connectivity index (χ1v) is 7.39. The lowest BCUT2D eigenvalue weighted by atomic mass is 10.2. The van der Waals surface area contributed by atoms with Gasteiger partial charge < -0.3 is 15.8 Å². The van der Waals surface area contributed by atoms with E-state index < -0.39 is 0 Å². The maximum atomic E-state index is 5.89. The zero-order valence-electron chi connectivity index (χ0n) is 11.8. The number of hydrogen-bond donors (Lipinski definition) is 2. The molecule has 0 bridgehead atoms. The lowest BCUT2D eigenvalue weighted by Crippen LogP contribution is -2.24. The first-order chi connectivity index (χ1) is 9.33. The predicted molar refractivity (Wildman–Crippen MR) is 91.5 cm³/mol. The van der Waals surface area contributed by atoms with Gasteiger partial charge in [0.05, 0.1) is 5.69 Å². The molecule has 0 spiro atoms. The molecule has 0 atom stereocenters. The van der Waals surface area contributed by atoms with Crippen LogP contribution in [0.5, 0.6) is 5.88 Å². The van der Waals surface area contributed by atoms with Gasteiger partial charge in [0.2, 0.25) is 5.88 Å². The fourth-order valence-corrected chi connectivity index (χ4v) is 1.93. The second-order valence-corrected chi connectivity index (χ2v) is 6.68. The second kappa shape index (κ2) is 5.87. The van der Waals surface area contributed by atoms with Gasteiger partial charge in [0.15, 0.2) is 0 Å². The number of anilines is 3. The van der Waals surface area contributed by atoms with E-state index in [1.165, 1.54) is 3.57 Å². The predicted octanol–water partition coefficient (Wildman–Crippen LogP) is 4.19. The Morgan fingerprint density at radius 3 is 2.35 bits per heavy atom. The molecule has 0 saturated heterocycles. The molecular weight excluding hydrogens is 365 g/mol. The van der Waals surface area contributed by atoms with Gasteiger partial charge in [0.25, 0.3) is 0 Å².